The molecule has 1 aromatic carbocycles. The number of hydrogen-bond donors (Lipinski definition) is 0. The largest absolute Gasteiger partial charge is 0.487 e. The number of aromatic nitrogens is 1. The second-order valence-corrected chi connectivity index (χ2v) is 5.61. The Bertz CT molecular complexity index is 646. The van der Waals surface area contributed by atoms with Crippen LogP contribution in [-0.2, 0) is 0 Å². The summed E-state index contributed by atoms with van der Waals surface area (Å²) in [7, 11) is 0. The molecule has 1 aliphatic rings. The normalized spacial score (nSPS) is 17.3. The Hall–Kier alpha value is -1.88. The number of nitrogens with zero attached hydrogens (tertiary/aromatic N) is 2. The lowest BCUT2D eigenvalue weighted by Gasteiger charge is -2.33. The van der Waals surface area contributed by atoms with Crippen LogP contribution < -0.4 is 9.64 Å². The molecule has 1 atom stereocenters. The van der Waals surface area contributed by atoms with Gasteiger partial charge in [0.2, 0.25) is 0 Å². The lowest BCUT2D eigenvalue weighted by Crippen LogP contribution is -2.42. The monoisotopic (exact) mass is 332 g/mol. The second-order valence-electron chi connectivity index (χ2n) is 4.69. The van der Waals surface area contributed by atoms with Crippen molar-refractivity contribution in [3.63, 3.8) is 0 Å². The van der Waals surface area contributed by atoms with E-state index in [1.165, 1.54) is 0 Å². The lowest BCUT2D eigenvalue weighted by molar-refractivity contribution is 0.0961. The maximum Gasteiger partial charge on any atom is 0.258 e. The van der Waals surface area contributed by atoms with E-state index in [2.05, 4.69) is 20.9 Å². The number of halogens is 1. The van der Waals surface area contributed by atoms with Gasteiger partial charge in [0.25, 0.3) is 5.91 Å². The molecule has 2 heterocycles. The number of rotatable bonds is 1. The van der Waals surface area contributed by atoms with Crippen LogP contribution in [0.5, 0.6) is 5.75 Å². The third-order valence-electron chi connectivity index (χ3n) is 3.15. The summed E-state index contributed by atoms with van der Waals surface area (Å²) >= 11 is 3.43. The van der Waals surface area contributed by atoms with Crippen LogP contribution in [0.2, 0.25) is 0 Å². The van der Waals surface area contributed by atoms with Crippen molar-refractivity contribution in [1.29, 1.82) is 0 Å². The summed E-state index contributed by atoms with van der Waals surface area (Å²) in [5, 5.41) is 0. The molecule has 1 aliphatic heterocycles. The SMILES string of the molecule is C[C@H]1CN(C(=O)c2ccncc2)c2cc(Br)ccc2O1. The summed E-state index contributed by atoms with van der Waals surface area (Å²) in [6.45, 7) is 2.49. The van der Waals surface area contributed by atoms with Crippen LogP contribution >= 0.6 is 15.9 Å². The first-order valence-corrected chi connectivity index (χ1v) is 7.12. The Morgan fingerprint density at radius 2 is 2.10 bits per heavy atom. The summed E-state index contributed by atoms with van der Waals surface area (Å²) in [5.74, 6) is 0.691. The van der Waals surface area contributed by atoms with Crippen molar-refractivity contribution in [1.82, 2.24) is 4.98 Å². The van der Waals surface area contributed by atoms with E-state index in [-0.39, 0.29) is 12.0 Å². The topological polar surface area (TPSA) is 42.4 Å². The highest BCUT2D eigenvalue weighted by Crippen LogP contribution is 2.36. The van der Waals surface area contributed by atoms with Crippen molar-refractivity contribution in [3.05, 3.63) is 52.8 Å². The molecule has 0 spiro atoms. The summed E-state index contributed by atoms with van der Waals surface area (Å²) in [6.07, 6.45) is 3.21. The van der Waals surface area contributed by atoms with Gasteiger partial charge in [0.1, 0.15) is 11.9 Å². The second kappa shape index (κ2) is 5.25. The summed E-state index contributed by atoms with van der Waals surface area (Å²) in [4.78, 5) is 18.3. The van der Waals surface area contributed by atoms with Crippen molar-refractivity contribution < 1.29 is 9.53 Å². The van der Waals surface area contributed by atoms with Crippen LogP contribution in [0.3, 0.4) is 0 Å². The maximum absolute atomic E-state index is 12.6. The lowest BCUT2D eigenvalue weighted by atomic mass is 10.1. The molecule has 0 fully saturated rings. The molecule has 1 amide bonds. The van der Waals surface area contributed by atoms with Gasteiger partial charge in [-0.05, 0) is 37.3 Å². The smallest absolute Gasteiger partial charge is 0.258 e. The van der Waals surface area contributed by atoms with Crippen molar-refractivity contribution in [3.8, 4) is 5.75 Å². The molecular weight excluding hydrogens is 320 g/mol. The van der Waals surface area contributed by atoms with E-state index in [0.29, 0.717) is 12.1 Å². The van der Waals surface area contributed by atoms with Crippen molar-refractivity contribution >= 4 is 27.5 Å². The third-order valence-corrected chi connectivity index (χ3v) is 3.65. The van der Waals surface area contributed by atoms with Crippen LogP contribution in [0.4, 0.5) is 5.69 Å². The molecule has 3 rings (SSSR count). The molecule has 2 aromatic rings. The zero-order valence-corrected chi connectivity index (χ0v) is 12.5. The fraction of sp³-hybridized carbons (Fsp3) is 0.200. The molecule has 0 saturated heterocycles. The van der Waals surface area contributed by atoms with Crippen molar-refractivity contribution in [2.24, 2.45) is 0 Å². The number of hydrogen-bond acceptors (Lipinski definition) is 3. The number of anilines is 1. The Labute approximate surface area is 125 Å². The summed E-state index contributed by atoms with van der Waals surface area (Å²) < 4.78 is 6.69. The van der Waals surface area contributed by atoms with Crippen LogP contribution in [-0.4, -0.2) is 23.5 Å². The standard InChI is InChI=1S/C15H13BrN2O2/c1-10-9-18(15(19)11-4-6-17-7-5-11)13-8-12(16)2-3-14(13)20-10/h2-8,10H,9H2,1H3/t10-/m0/s1. The zero-order valence-electron chi connectivity index (χ0n) is 10.9. The van der Waals surface area contributed by atoms with Crippen LogP contribution in [0.25, 0.3) is 0 Å². The minimum atomic E-state index is -0.0399. The molecule has 0 unspecified atom stereocenters. The first kappa shape index (κ1) is 13.1. The Kier molecular flexibility index (Phi) is 3.44. The molecule has 4 nitrogen and oxygen atoms in total. The Morgan fingerprint density at radius 3 is 2.85 bits per heavy atom. The predicted molar refractivity (Wildman–Crippen MR) is 80.1 cm³/mol. The molecule has 102 valence electrons. The van der Waals surface area contributed by atoms with Gasteiger partial charge in [0, 0.05) is 22.4 Å². The molecule has 1 aromatic heterocycles. The van der Waals surface area contributed by atoms with E-state index in [1.807, 2.05) is 25.1 Å². The highest BCUT2D eigenvalue weighted by molar-refractivity contribution is 9.10. The van der Waals surface area contributed by atoms with Gasteiger partial charge in [-0.15, -0.1) is 0 Å². The predicted octanol–water partition coefficient (Wildman–Crippen LogP) is 3.27. The van der Waals surface area contributed by atoms with Crippen LogP contribution in [0.1, 0.15) is 17.3 Å². The number of fused-ring (bicyclic) bond motifs is 1. The average Bonchev–Trinajstić information content (AvgIpc) is 2.47. The minimum Gasteiger partial charge on any atom is -0.487 e. The number of amides is 1. The third kappa shape index (κ3) is 2.41. The minimum absolute atomic E-state index is 0.0329. The van der Waals surface area contributed by atoms with Crippen molar-refractivity contribution in [2.45, 2.75) is 13.0 Å². The quantitative estimate of drug-likeness (QED) is 0.804. The zero-order chi connectivity index (χ0) is 14.1. The fourth-order valence-electron chi connectivity index (χ4n) is 2.25. The number of pyridine rings is 1. The Balaban J connectivity index is 2.02. The van der Waals surface area contributed by atoms with E-state index in [9.17, 15) is 4.79 Å². The highest BCUT2D eigenvalue weighted by Gasteiger charge is 2.28. The average molecular weight is 333 g/mol. The fourth-order valence-corrected chi connectivity index (χ4v) is 2.60. The molecule has 5 heteroatoms. The molecule has 0 N–H and O–H groups in total. The van der Waals surface area contributed by atoms with Crippen LogP contribution in [0, 0.1) is 0 Å². The van der Waals surface area contributed by atoms with Gasteiger partial charge in [-0.1, -0.05) is 15.9 Å². The van der Waals surface area contributed by atoms with Gasteiger partial charge >= 0.3 is 0 Å². The van der Waals surface area contributed by atoms with E-state index in [0.717, 1.165) is 15.9 Å². The maximum atomic E-state index is 12.6. The molecule has 0 radical (unpaired) electrons. The number of ether oxygens (including phenoxy) is 1. The molecule has 20 heavy (non-hydrogen) atoms. The van der Waals surface area contributed by atoms with Crippen molar-refractivity contribution in [2.75, 3.05) is 11.4 Å². The van der Waals surface area contributed by atoms with Crippen LogP contribution in [0.15, 0.2) is 47.2 Å². The van der Waals surface area contributed by atoms with Gasteiger partial charge in [-0.3, -0.25) is 9.78 Å². The van der Waals surface area contributed by atoms with Gasteiger partial charge < -0.3 is 9.64 Å². The van der Waals surface area contributed by atoms with E-state index >= 15 is 0 Å². The van der Waals surface area contributed by atoms with Gasteiger partial charge in [0.05, 0.1) is 12.2 Å². The molecule has 0 bridgehead atoms. The molecular formula is C15H13BrN2O2. The first-order chi connectivity index (χ1) is 9.65. The van der Waals surface area contributed by atoms with E-state index in [4.69, 9.17) is 4.74 Å². The first-order valence-electron chi connectivity index (χ1n) is 6.33. The number of benzene rings is 1. The van der Waals surface area contributed by atoms with E-state index < -0.39 is 0 Å². The Morgan fingerprint density at radius 1 is 1.35 bits per heavy atom. The number of carbonyl (C=O) groups excluding carboxylic acids is 1. The van der Waals surface area contributed by atoms with Gasteiger partial charge in [-0.2, -0.15) is 0 Å². The summed E-state index contributed by atoms with van der Waals surface area (Å²) in [5.41, 5.74) is 1.42. The molecule has 0 saturated carbocycles. The highest BCUT2D eigenvalue weighted by atomic mass is 79.9. The van der Waals surface area contributed by atoms with E-state index in [1.54, 1.807) is 29.4 Å². The van der Waals surface area contributed by atoms with Gasteiger partial charge in [-0.25, -0.2) is 0 Å². The van der Waals surface area contributed by atoms with Gasteiger partial charge in [0.15, 0.2) is 0 Å². The summed E-state index contributed by atoms with van der Waals surface area (Å²) in [6, 6.07) is 9.13. The molecule has 0 aliphatic carbocycles. The number of carbonyl (C=O) groups is 1.